The number of amides is 8. The monoisotopic (exact) mass is 1400 g/mol. The summed E-state index contributed by atoms with van der Waals surface area (Å²) in [7, 11) is -3.74. The second-order valence-electron chi connectivity index (χ2n) is 25.4. The lowest BCUT2D eigenvalue weighted by atomic mass is 10.1. The fourth-order valence-electron chi connectivity index (χ4n) is 10.7. The normalized spacial score (nSPS) is 15.5. The first-order valence-electron chi connectivity index (χ1n) is 31.5. The number of urea groups is 1. The number of hydrogen-bond acceptors (Lipinski definition) is 19. The third kappa shape index (κ3) is 32.1. The van der Waals surface area contributed by atoms with E-state index in [-0.39, 0.29) is 123 Å². The van der Waals surface area contributed by atoms with Crippen LogP contribution < -0.4 is 47.7 Å². The lowest BCUT2D eigenvalue weighted by Gasteiger charge is -2.44. The van der Waals surface area contributed by atoms with Gasteiger partial charge in [0.15, 0.2) is 0 Å². The molecular weight excluding hydrogens is 1300 g/mol. The maximum absolute atomic E-state index is 17.1. The van der Waals surface area contributed by atoms with Crippen molar-refractivity contribution < 1.29 is 117 Å². The van der Waals surface area contributed by atoms with E-state index in [1.807, 2.05) is 52.2 Å². The van der Waals surface area contributed by atoms with E-state index in [0.29, 0.717) is 5.19 Å². The molecule has 3 unspecified atom stereocenters. The molecule has 16 N–H and O–H groups in total. The number of aliphatic carboxylic acids is 8. The largest absolute Gasteiger partial charge is 0.481 e. The molecule has 0 bridgehead atoms. The third-order valence-electron chi connectivity index (χ3n) is 15.7. The molecule has 544 valence electrons. The van der Waals surface area contributed by atoms with Crippen molar-refractivity contribution in [2.45, 2.75) is 152 Å². The molecule has 1 fully saturated rings. The molecule has 5 atom stereocenters. The summed E-state index contributed by atoms with van der Waals surface area (Å²) in [5.41, 5.74) is 0.0755. The van der Waals surface area contributed by atoms with Gasteiger partial charge in [0.2, 0.25) is 29.5 Å². The number of halogens is 1. The highest BCUT2D eigenvalue weighted by Crippen LogP contribution is 2.51. The molecule has 0 spiro atoms. The number of unbranched alkanes of at least 4 members (excludes halogenated alkanes) is 1. The van der Waals surface area contributed by atoms with E-state index < -0.39 is 190 Å². The first kappa shape index (κ1) is 84.1. The minimum atomic E-state index is -3.74. The zero-order chi connectivity index (χ0) is 73.4. The number of carboxylic acid groups (broad SMARTS) is 8. The SMILES string of the molecule is CC(C)(C)[Si](F)(c1ccc(C(=O)NCC(NC(=O)CN2CCN(CC(=O)O)CCN(CC(=O)O)CCN(CC(=O)O)CC2)C(=O)NC(CCCCNC(=O)CCC(=O)NCCCC(NC(=O)CC[C@H](NC(=O)N[C@@H](CCC(=O)O)C(=O)O)C(=O)O)C(=O)O)C(=O)O)cc1)C(C)(C)C. The van der Waals surface area contributed by atoms with Crippen molar-refractivity contribution in [3.63, 3.8) is 0 Å². The van der Waals surface area contributed by atoms with Crippen molar-refractivity contribution in [2.24, 2.45) is 0 Å². The summed E-state index contributed by atoms with van der Waals surface area (Å²) in [5.74, 6) is -15.7. The minimum Gasteiger partial charge on any atom is -0.481 e. The van der Waals surface area contributed by atoms with Gasteiger partial charge >= 0.3 is 53.8 Å². The van der Waals surface area contributed by atoms with Gasteiger partial charge in [-0.3, -0.25) is 67.5 Å². The van der Waals surface area contributed by atoms with Crippen LogP contribution in [0.4, 0.5) is 8.90 Å². The van der Waals surface area contributed by atoms with Gasteiger partial charge in [0.1, 0.15) is 30.2 Å². The van der Waals surface area contributed by atoms with Crippen molar-refractivity contribution in [1.29, 1.82) is 0 Å². The smallest absolute Gasteiger partial charge is 0.326 e. The van der Waals surface area contributed by atoms with Crippen LogP contribution in [-0.4, -0.2) is 286 Å². The van der Waals surface area contributed by atoms with Gasteiger partial charge in [-0.1, -0.05) is 53.7 Å². The number of hydrogen-bond donors (Lipinski definition) is 16. The number of nitrogens with zero attached hydrogens (tertiary/aromatic N) is 4. The van der Waals surface area contributed by atoms with Gasteiger partial charge in [-0.2, -0.15) is 0 Å². The standard InChI is InChI=1S/C60H95FN12O23Si/c1-59(2,3)97(61,60(4,5)6)38-14-12-37(13-15-38)52(86)64-32-43(66-47(77)33-70-24-26-71(34-49(80)81)28-30-73(36-51(84)85)31-29-72(27-25-70)35-50(82)83)53(87)67-40(55(90)91)10-7-8-22-62-44(74)19-20-45(75)63-23-9-11-39(54(88)89)65-46(76)18-16-41(56(92)93)68-58(96)69-42(57(94)95)17-21-48(78)79/h12-15,39-43H,7-11,16-36H2,1-6H3,(H,62,74)(H,63,75)(H,64,86)(H,65,76)(H,66,77)(H,67,87)(H,78,79)(H,80,81)(H,82,83)(H,84,85)(H,88,89)(H,90,91)(H,92,93)(H,94,95)(H2,68,69,96)/t39?,40?,41-,42-,43?/m0/s1. The van der Waals surface area contributed by atoms with Crippen molar-refractivity contribution >= 4 is 103 Å². The molecule has 1 aromatic carbocycles. The quantitative estimate of drug-likeness (QED) is 0.0193. The van der Waals surface area contributed by atoms with Gasteiger partial charge in [-0.15, -0.1) is 0 Å². The van der Waals surface area contributed by atoms with Crippen molar-refractivity contribution in [2.75, 3.05) is 98.2 Å². The van der Waals surface area contributed by atoms with Crippen LogP contribution in [0, 0.1) is 0 Å². The molecule has 1 aliphatic heterocycles. The molecule has 37 heteroatoms. The van der Waals surface area contributed by atoms with Crippen LogP contribution in [0.3, 0.4) is 0 Å². The van der Waals surface area contributed by atoms with E-state index >= 15 is 4.11 Å². The van der Waals surface area contributed by atoms with Crippen LogP contribution in [0.15, 0.2) is 24.3 Å². The van der Waals surface area contributed by atoms with Gasteiger partial charge in [0, 0.05) is 103 Å². The molecular formula is C60H95FN12O23Si. The predicted octanol–water partition coefficient (Wildman–Crippen LogP) is -1.95. The van der Waals surface area contributed by atoms with Crippen LogP contribution in [0.1, 0.15) is 123 Å². The summed E-state index contributed by atoms with van der Waals surface area (Å²) in [6, 6.07) is -3.44. The predicted molar refractivity (Wildman–Crippen MR) is 343 cm³/mol. The zero-order valence-corrected chi connectivity index (χ0v) is 56.4. The molecule has 1 saturated heterocycles. The Balaban J connectivity index is 2.11. The molecule has 97 heavy (non-hydrogen) atoms. The molecule has 8 amide bonds. The molecule has 0 aliphatic carbocycles. The van der Waals surface area contributed by atoms with Gasteiger partial charge in [0.25, 0.3) is 14.3 Å². The van der Waals surface area contributed by atoms with E-state index in [9.17, 15) is 108 Å². The Hall–Kier alpha value is -8.94. The summed E-state index contributed by atoms with van der Waals surface area (Å²) in [5, 5.41) is 94.0. The van der Waals surface area contributed by atoms with Crippen LogP contribution in [0.5, 0.6) is 0 Å². The van der Waals surface area contributed by atoms with Crippen LogP contribution >= 0.6 is 0 Å². The molecule has 35 nitrogen and oxygen atoms in total. The summed E-state index contributed by atoms with van der Waals surface area (Å²) in [6.45, 7) is 9.06. The molecule has 2 rings (SSSR count). The van der Waals surface area contributed by atoms with Crippen molar-refractivity contribution in [3.05, 3.63) is 29.8 Å². The molecule has 0 aromatic heterocycles. The van der Waals surface area contributed by atoms with Crippen LogP contribution in [0.2, 0.25) is 10.1 Å². The first-order valence-corrected chi connectivity index (χ1v) is 33.4. The van der Waals surface area contributed by atoms with Crippen molar-refractivity contribution in [1.82, 2.24) is 62.1 Å². The van der Waals surface area contributed by atoms with E-state index in [1.165, 1.54) is 34.1 Å². The molecule has 1 aliphatic rings. The third-order valence-corrected chi connectivity index (χ3v) is 20.9. The highest BCUT2D eigenvalue weighted by Gasteiger charge is 2.56. The second kappa shape index (κ2) is 41.2. The minimum absolute atomic E-state index is 0.00362. The summed E-state index contributed by atoms with van der Waals surface area (Å²) in [4.78, 5) is 192. The average Bonchev–Trinajstić information content (AvgIpc) is 0.749. The number of benzene rings is 1. The van der Waals surface area contributed by atoms with Gasteiger partial charge in [-0.05, 0) is 72.3 Å². The molecule has 1 aromatic rings. The molecule has 1 heterocycles. The Morgan fingerprint density at radius 1 is 0.412 bits per heavy atom. The zero-order valence-electron chi connectivity index (χ0n) is 55.4. The summed E-state index contributed by atoms with van der Waals surface area (Å²) < 4.78 is 17.1. The van der Waals surface area contributed by atoms with Gasteiger partial charge in [-0.25, -0.2) is 24.0 Å². The maximum atomic E-state index is 17.1. The Labute approximate surface area is 560 Å². The van der Waals surface area contributed by atoms with Crippen molar-refractivity contribution in [3.8, 4) is 0 Å². The number of carboxylic acids is 8. The lowest BCUT2D eigenvalue weighted by Crippen LogP contribution is -2.58. The maximum Gasteiger partial charge on any atom is 0.326 e. The molecule has 0 radical (unpaired) electrons. The summed E-state index contributed by atoms with van der Waals surface area (Å²) in [6.07, 6.45) is -3.03. The fourth-order valence-corrected chi connectivity index (χ4v) is 15.3. The number of nitrogens with one attached hydrogen (secondary N) is 8. The Morgan fingerprint density at radius 3 is 1.19 bits per heavy atom. The van der Waals surface area contributed by atoms with Gasteiger partial charge in [0.05, 0.1) is 26.2 Å². The Morgan fingerprint density at radius 2 is 0.784 bits per heavy atom. The summed E-state index contributed by atoms with van der Waals surface area (Å²) >= 11 is 0. The molecule has 0 saturated carbocycles. The number of carbonyl (C=O) groups is 15. The Bertz CT molecular complexity index is 2870. The highest BCUT2D eigenvalue weighted by molar-refractivity contribution is 6.90. The fraction of sp³-hybridized carbons (Fsp3) is 0.650. The highest BCUT2D eigenvalue weighted by atomic mass is 28.4. The Kier molecular flexibility index (Phi) is 35.8. The average molecular weight is 1400 g/mol. The van der Waals surface area contributed by atoms with E-state index in [0.717, 1.165) is 0 Å². The van der Waals surface area contributed by atoms with E-state index in [2.05, 4.69) is 31.9 Å². The number of rotatable bonds is 40. The topological polar surface area (TPSA) is 527 Å². The lowest BCUT2D eigenvalue weighted by molar-refractivity contribution is -0.143. The number of carbonyl (C=O) groups excluding carboxylic acids is 7. The van der Waals surface area contributed by atoms with Gasteiger partial charge < -0.3 is 87.5 Å². The van der Waals surface area contributed by atoms with E-state index in [1.54, 1.807) is 9.80 Å². The second-order valence-corrected chi connectivity index (χ2v) is 30.3. The van der Waals surface area contributed by atoms with Crippen LogP contribution in [-0.2, 0) is 62.3 Å². The first-order chi connectivity index (χ1) is 45.2. The van der Waals surface area contributed by atoms with E-state index in [4.69, 9.17) is 5.11 Å². The van der Waals surface area contributed by atoms with Crippen LogP contribution in [0.25, 0.3) is 0 Å².